The highest BCUT2D eigenvalue weighted by Gasteiger charge is 2.18. The Morgan fingerprint density at radius 1 is 1.00 bits per heavy atom. The SMILES string of the molecule is CC(=O)N(CCC(=O)Nc1ccc(Cl)c(Cl)c1)c1c(C)cc(C)cc1C. The Kier molecular flexibility index (Phi) is 6.68. The van der Waals surface area contributed by atoms with Crippen molar-refractivity contribution in [2.24, 2.45) is 0 Å². The van der Waals surface area contributed by atoms with Gasteiger partial charge in [0.1, 0.15) is 0 Å². The largest absolute Gasteiger partial charge is 0.326 e. The van der Waals surface area contributed by atoms with Gasteiger partial charge in [-0.25, -0.2) is 0 Å². The molecule has 1 N–H and O–H groups in total. The molecule has 26 heavy (non-hydrogen) atoms. The van der Waals surface area contributed by atoms with E-state index in [2.05, 4.69) is 5.32 Å². The molecule has 0 spiro atoms. The lowest BCUT2D eigenvalue weighted by molar-refractivity contribution is -0.117. The molecule has 0 bridgehead atoms. The molecule has 0 aliphatic carbocycles. The maximum absolute atomic E-state index is 12.3. The minimum absolute atomic E-state index is 0.0950. The van der Waals surface area contributed by atoms with Gasteiger partial charge >= 0.3 is 0 Å². The first-order valence-electron chi connectivity index (χ1n) is 8.30. The number of nitrogens with zero attached hydrogens (tertiary/aromatic N) is 1. The lowest BCUT2D eigenvalue weighted by Crippen LogP contribution is -2.33. The molecule has 2 aromatic carbocycles. The van der Waals surface area contributed by atoms with Gasteiger partial charge in [0, 0.05) is 31.3 Å². The fourth-order valence-electron chi connectivity index (χ4n) is 3.04. The topological polar surface area (TPSA) is 49.4 Å². The van der Waals surface area contributed by atoms with Crippen molar-refractivity contribution in [2.75, 3.05) is 16.8 Å². The number of amides is 2. The lowest BCUT2D eigenvalue weighted by Gasteiger charge is -2.25. The van der Waals surface area contributed by atoms with Gasteiger partial charge in [0.15, 0.2) is 0 Å². The number of halogens is 2. The van der Waals surface area contributed by atoms with Crippen molar-refractivity contribution in [3.63, 3.8) is 0 Å². The Morgan fingerprint density at radius 3 is 2.15 bits per heavy atom. The van der Waals surface area contributed by atoms with Crippen molar-refractivity contribution in [3.05, 3.63) is 57.1 Å². The molecule has 138 valence electrons. The minimum atomic E-state index is -0.197. The summed E-state index contributed by atoms with van der Waals surface area (Å²) < 4.78 is 0. The quantitative estimate of drug-likeness (QED) is 0.749. The molecule has 4 nitrogen and oxygen atoms in total. The predicted octanol–water partition coefficient (Wildman–Crippen LogP) is 5.30. The summed E-state index contributed by atoms with van der Waals surface area (Å²) in [6, 6.07) is 8.98. The number of rotatable bonds is 5. The van der Waals surface area contributed by atoms with Crippen LogP contribution in [0.2, 0.25) is 10.0 Å². The molecule has 0 radical (unpaired) electrons. The zero-order valence-corrected chi connectivity index (χ0v) is 16.8. The molecule has 0 aromatic heterocycles. The van der Waals surface area contributed by atoms with Crippen molar-refractivity contribution >= 4 is 46.4 Å². The van der Waals surface area contributed by atoms with Gasteiger partial charge in [-0.05, 0) is 50.1 Å². The molecule has 0 aliphatic rings. The molecule has 2 aromatic rings. The Hall–Kier alpha value is -2.04. The highest BCUT2D eigenvalue weighted by Crippen LogP contribution is 2.27. The third kappa shape index (κ3) is 4.99. The van der Waals surface area contributed by atoms with Crippen LogP contribution in [0.25, 0.3) is 0 Å². The predicted molar refractivity (Wildman–Crippen MR) is 108 cm³/mol. The van der Waals surface area contributed by atoms with Crippen LogP contribution in [0.1, 0.15) is 30.0 Å². The van der Waals surface area contributed by atoms with E-state index in [0.29, 0.717) is 22.3 Å². The summed E-state index contributed by atoms with van der Waals surface area (Å²) in [5.74, 6) is -0.292. The van der Waals surface area contributed by atoms with E-state index in [9.17, 15) is 9.59 Å². The van der Waals surface area contributed by atoms with E-state index in [1.807, 2.05) is 32.9 Å². The number of carbonyl (C=O) groups excluding carboxylic acids is 2. The van der Waals surface area contributed by atoms with Gasteiger partial charge in [-0.15, -0.1) is 0 Å². The normalized spacial score (nSPS) is 10.5. The Bertz CT molecular complexity index is 827. The van der Waals surface area contributed by atoms with Crippen LogP contribution in [-0.4, -0.2) is 18.4 Å². The lowest BCUT2D eigenvalue weighted by atomic mass is 10.0. The van der Waals surface area contributed by atoms with E-state index in [-0.39, 0.29) is 18.2 Å². The van der Waals surface area contributed by atoms with Gasteiger partial charge in [0.25, 0.3) is 0 Å². The summed E-state index contributed by atoms with van der Waals surface area (Å²) in [7, 11) is 0. The van der Waals surface area contributed by atoms with Crippen LogP contribution in [0.15, 0.2) is 30.3 Å². The zero-order chi connectivity index (χ0) is 19.4. The summed E-state index contributed by atoms with van der Waals surface area (Å²) in [5.41, 5.74) is 4.61. The van der Waals surface area contributed by atoms with Crippen LogP contribution in [0.5, 0.6) is 0 Å². The van der Waals surface area contributed by atoms with Crippen LogP contribution in [0.3, 0.4) is 0 Å². The van der Waals surface area contributed by atoms with Gasteiger partial charge < -0.3 is 10.2 Å². The van der Waals surface area contributed by atoms with Crippen molar-refractivity contribution < 1.29 is 9.59 Å². The Balaban J connectivity index is 2.10. The minimum Gasteiger partial charge on any atom is -0.326 e. The molecule has 2 amide bonds. The average Bonchev–Trinajstić information content (AvgIpc) is 2.52. The summed E-state index contributed by atoms with van der Waals surface area (Å²) in [4.78, 5) is 26.1. The van der Waals surface area contributed by atoms with E-state index in [0.717, 1.165) is 22.4 Å². The van der Waals surface area contributed by atoms with Gasteiger partial charge in [-0.1, -0.05) is 40.9 Å². The first-order chi connectivity index (χ1) is 12.2. The maximum atomic E-state index is 12.3. The maximum Gasteiger partial charge on any atom is 0.226 e. The van der Waals surface area contributed by atoms with Gasteiger partial charge in [-0.2, -0.15) is 0 Å². The van der Waals surface area contributed by atoms with E-state index in [1.54, 1.807) is 23.1 Å². The number of carbonyl (C=O) groups is 2. The monoisotopic (exact) mass is 392 g/mol. The van der Waals surface area contributed by atoms with Crippen LogP contribution < -0.4 is 10.2 Å². The van der Waals surface area contributed by atoms with E-state index in [4.69, 9.17) is 23.2 Å². The highest BCUT2D eigenvalue weighted by molar-refractivity contribution is 6.42. The molecular weight excluding hydrogens is 371 g/mol. The second-order valence-corrected chi connectivity index (χ2v) is 7.16. The number of hydrogen-bond donors (Lipinski definition) is 1. The first kappa shape index (κ1) is 20.3. The second-order valence-electron chi connectivity index (χ2n) is 6.35. The molecule has 6 heteroatoms. The highest BCUT2D eigenvalue weighted by atomic mass is 35.5. The summed E-state index contributed by atoms with van der Waals surface area (Å²) in [6.45, 7) is 7.78. The van der Waals surface area contributed by atoms with Crippen molar-refractivity contribution in [3.8, 4) is 0 Å². The Labute approximate surface area is 164 Å². The number of hydrogen-bond acceptors (Lipinski definition) is 2. The van der Waals surface area contributed by atoms with Crippen LogP contribution >= 0.6 is 23.2 Å². The van der Waals surface area contributed by atoms with Crippen LogP contribution in [0.4, 0.5) is 11.4 Å². The summed E-state index contributed by atoms with van der Waals surface area (Å²) in [5, 5.41) is 3.58. The molecule has 0 unspecified atom stereocenters. The number of benzene rings is 2. The molecule has 0 atom stereocenters. The standard InChI is InChI=1S/C20H22Cl2N2O2/c1-12-9-13(2)20(14(3)10-12)24(15(4)25)8-7-19(26)23-16-5-6-17(21)18(22)11-16/h5-6,9-11H,7-8H2,1-4H3,(H,23,26). The molecule has 0 saturated heterocycles. The summed E-state index contributed by atoms with van der Waals surface area (Å²) >= 11 is 11.8. The third-order valence-corrected chi connectivity index (χ3v) is 4.79. The van der Waals surface area contributed by atoms with Crippen molar-refractivity contribution in [2.45, 2.75) is 34.1 Å². The van der Waals surface area contributed by atoms with E-state index >= 15 is 0 Å². The average molecular weight is 393 g/mol. The van der Waals surface area contributed by atoms with Crippen molar-refractivity contribution in [1.82, 2.24) is 0 Å². The molecule has 0 heterocycles. The van der Waals surface area contributed by atoms with Gasteiger partial charge in [0.05, 0.1) is 10.0 Å². The van der Waals surface area contributed by atoms with Crippen molar-refractivity contribution in [1.29, 1.82) is 0 Å². The number of anilines is 2. The Morgan fingerprint density at radius 2 is 1.62 bits per heavy atom. The second kappa shape index (κ2) is 8.56. The zero-order valence-electron chi connectivity index (χ0n) is 15.3. The molecule has 0 aliphatic heterocycles. The number of nitrogens with one attached hydrogen (secondary N) is 1. The first-order valence-corrected chi connectivity index (χ1v) is 9.05. The van der Waals surface area contributed by atoms with Gasteiger partial charge in [0.2, 0.25) is 11.8 Å². The van der Waals surface area contributed by atoms with E-state index < -0.39 is 0 Å². The van der Waals surface area contributed by atoms with Crippen LogP contribution in [-0.2, 0) is 9.59 Å². The third-order valence-electron chi connectivity index (χ3n) is 4.05. The van der Waals surface area contributed by atoms with Crippen LogP contribution in [0, 0.1) is 20.8 Å². The van der Waals surface area contributed by atoms with E-state index in [1.165, 1.54) is 6.92 Å². The molecule has 2 rings (SSSR count). The number of aryl methyl sites for hydroxylation is 3. The summed E-state index contributed by atoms with van der Waals surface area (Å²) in [6.07, 6.45) is 0.173. The fraction of sp³-hybridized carbons (Fsp3) is 0.300. The van der Waals surface area contributed by atoms with Gasteiger partial charge in [-0.3, -0.25) is 9.59 Å². The molecule has 0 fully saturated rings. The smallest absolute Gasteiger partial charge is 0.226 e. The molecule has 0 saturated carbocycles. The fourth-order valence-corrected chi connectivity index (χ4v) is 3.33. The molecular formula is C20H22Cl2N2O2.